The molecule has 2 aromatic heterocycles. The first-order chi connectivity index (χ1) is 11.2. The van der Waals surface area contributed by atoms with Crippen molar-refractivity contribution in [2.75, 3.05) is 18.0 Å². The van der Waals surface area contributed by atoms with Crippen LogP contribution in [-0.2, 0) is 11.3 Å². The molecule has 0 bridgehead atoms. The SMILES string of the molecule is CCn1ccc(C(=O)OC2CN(c3nc4ccccc4s3)C2)n1. The van der Waals surface area contributed by atoms with E-state index in [9.17, 15) is 4.79 Å². The van der Waals surface area contributed by atoms with Gasteiger partial charge in [-0.25, -0.2) is 9.78 Å². The molecule has 23 heavy (non-hydrogen) atoms. The van der Waals surface area contributed by atoms with Gasteiger partial charge < -0.3 is 9.64 Å². The maximum absolute atomic E-state index is 12.0. The summed E-state index contributed by atoms with van der Waals surface area (Å²) in [5, 5.41) is 5.14. The molecule has 1 saturated heterocycles. The Kier molecular flexibility index (Phi) is 3.49. The molecule has 0 saturated carbocycles. The first-order valence-corrected chi connectivity index (χ1v) is 8.39. The van der Waals surface area contributed by atoms with Crippen LogP contribution >= 0.6 is 11.3 Å². The van der Waals surface area contributed by atoms with Crippen molar-refractivity contribution in [1.29, 1.82) is 0 Å². The molecule has 118 valence electrons. The van der Waals surface area contributed by atoms with E-state index in [0.29, 0.717) is 18.8 Å². The number of carbonyl (C=O) groups is 1. The van der Waals surface area contributed by atoms with Gasteiger partial charge >= 0.3 is 5.97 Å². The van der Waals surface area contributed by atoms with Crippen LogP contribution in [0, 0.1) is 0 Å². The fraction of sp³-hybridized carbons (Fsp3) is 0.312. The van der Waals surface area contributed by atoms with Crippen LogP contribution in [0.25, 0.3) is 10.2 Å². The smallest absolute Gasteiger partial charge is 0.359 e. The second kappa shape index (κ2) is 5.66. The van der Waals surface area contributed by atoms with E-state index in [0.717, 1.165) is 17.2 Å². The van der Waals surface area contributed by atoms with Crippen LogP contribution in [0.1, 0.15) is 17.4 Å². The van der Waals surface area contributed by atoms with Gasteiger partial charge in [-0.1, -0.05) is 23.5 Å². The Bertz CT molecular complexity index is 818. The van der Waals surface area contributed by atoms with Crippen molar-refractivity contribution in [3.63, 3.8) is 0 Å². The van der Waals surface area contributed by atoms with Crippen molar-refractivity contribution >= 4 is 32.7 Å². The Balaban J connectivity index is 1.36. The van der Waals surface area contributed by atoms with E-state index in [2.05, 4.69) is 21.0 Å². The molecule has 1 aliphatic heterocycles. The van der Waals surface area contributed by atoms with Crippen LogP contribution in [0.4, 0.5) is 5.13 Å². The lowest BCUT2D eigenvalue weighted by Gasteiger charge is -2.37. The molecule has 1 aromatic carbocycles. The average molecular weight is 328 g/mol. The highest BCUT2D eigenvalue weighted by Crippen LogP contribution is 2.31. The van der Waals surface area contributed by atoms with Crippen LogP contribution in [0.15, 0.2) is 36.5 Å². The van der Waals surface area contributed by atoms with E-state index in [1.165, 1.54) is 4.70 Å². The molecule has 6 nitrogen and oxygen atoms in total. The number of thiazole rings is 1. The van der Waals surface area contributed by atoms with Crippen molar-refractivity contribution in [1.82, 2.24) is 14.8 Å². The maximum atomic E-state index is 12.0. The van der Waals surface area contributed by atoms with E-state index in [1.54, 1.807) is 28.3 Å². The molecule has 0 spiro atoms. The number of esters is 1. The first kappa shape index (κ1) is 14.2. The van der Waals surface area contributed by atoms with Crippen LogP contribution in [0.3, 0.4) is 0 Å². The average Bonchev–Trinajstić information content (AvgIpc) is 3.16. The van der Waals surface area contributed by atoms with Gasteiger partial charge in [0.05, 0.1) is 23.3 Å². The summed E-state index contributed by atoms with van der Waals surface area (Å²) < 4.78 is 8.36. The second-order valence-corrected chi connectivity index (χ2v) is 6.46. The summed E-state index contributed by atoms with van der Waals surface area (Å²) in [6.07, 6.45) is 1.69. The summed E-state index contributed by atoms with van der Waals surface area (Å²) in [4.78, 5) is 18.8. The van der Waals surface area contributed by atoms with Gasteiger partial charge in [0.15, 0.2) is 10.8 Å². The lowest BCUT2D eigenvalue weighted by molar-refractivity contribution is 0.0226. The quantitative estimate of drug-likeness (QED) is 0.689. The fourth-order valence-electron chi connectivity index (χ4n) is 2.52. The van der Waals surface area contributed by atoms with Gasteiger partial charge in [0.1, 0.15) is 6.10 Å². The number of hydrogen-bond donors (Lipinski definition) is 0. The van der Waals surface area contributed by atoms with Crippen LogP contribution in [-0.4, -0.2) is 39.9 Å². The Hall–Kier alpha value is -2.41. The number of para-hydroxylation sites is 1. The molecule has 0 radical (unpaired) electrons. The Morgan fingerprint density at radius 2 is 2.17 bits per heavy atom. The normalized spacial score (nSPS) is 14.9. The topological polar surface area (TPSA) is 60.2 Å². The number of ether oxygens (including phenoxy) is 1. The third-order valence-corrected chi connectivity index (χ3v) is 4.95. The summed E-state index contributed by atoms with van der Waals surface area (Å²) in [6.45, 7) is 4.08. The highest BCUT2D eigenvalue weighted by molar-refractivity contribution is 7.22. The number of rotatable bonds is 4. The standard InChI is InChI=1S/C16H16N4O2S/c1-2-20-8-7-13(18-20)15(21)22-11-9-19(10-11)16-17-12-5-3-4-6-14(12)23-16/h3-8,11H,2,9-10H2,1H3. The van der Waals surface area contributed by atoms with E-state index in [-0.39, 0.29) is 12.1 Å². The van der Waals surface area contributed by atoms with Crippen LogP contribution in [0.5, 0.6) is 0 Å². The molecule has 0 aliphatic carbocycles. The van der Waals surface area contributed by atoms with Crippen molar-refractivity contribution in [3.05, 3.63) is 42.2 Å². The molecule has 0 N–H and O–H groups in total. The molecular formula is C16H16N4O2S. The zero-order valence-corrected chi connectivity index (χ0v) is 13.5. The van der Waals surface area contributed by atoms with Crippen molar-refractivity contribution in [2.45, 2.75) is 19.6 Å². The molecule has 0 unspecified atom stereocenters. The Labute approximate surface area is 137 Å². The van der Waals surface area contributed by atoms with E-state index < -0.39 is 0 Å². The molecule has 7 heteroatoms. The van der Waals surface area contributed by atoms with Gasteiger partial charge in [-0.05, 0) is 25.1 Å². The molecule has 3 heterocycles. The molecule has 1 fully saturated rings. The summed E-state index contributed by atoms with van der Waals surface area (Å²) in [5.41, 5.74) is 1.38. The van der Waals surface area contributed by atoms with E-state index >= 15 is 0 Å². The maximum Gasteiger partial charge on any atom is 0.359 e. The van der Waals surface area contributed by atoms with Gasteiger partial charge in [-0.2, -0.15) is 5.10 Å². The number of nitrogens with zero attached hydrogens (tertiary/aromatic N) is 4. The monoisotopic (exact) mass is 328 g/mol. The summed E-state index contributed by atoms with van der Waals surface area (Å²) in [7, 11) is 0. The van der Waals surface area contributed by atoms with Crippen LogP contribution in [0.2, 0.25) is 0 Å². The zero-order valence-electron chi connectivity index (χ0n) is 12.7. The summed E-state index contributed by atoms with van der Waals surface area (Å²) >= 11 is 1.66. The number of aryl methyl sites for hydroxylation is 1. The van der Waals surface area contributed by atoms with Crippen molar-refractivity contribution in [3.8, 4) is 0 Å². The zero-order chi connectivity index (χ0) is 15.8. The lowest BCUT2D eigenvalue weighted by Crippen LogP contribution is -2.53. The molecule has 0 amide bonds. The third kappa shape index (κ3) is 2.68. The largest absolute Gasteiger partial charge is 0.454 e. The minimum absolute atomic E-state index is 0.0960. The second-order valence-electron chi connectivity index (χ2n) is 5.45. The number of carbonyl (C=O) groups excluding carboxylic acids is 1. The van der Waals surface area contributed by atoms with Gasteiger partial charge in [0, 0.05) is 12.7 Å². The molecule has 1 aliphatic rings. The Morgan fingerprint density at radius 1 is 1.35 bits per heavy atom. The van der Waals surface area contributed by atoms with Gasteiger partial charge in [-0.3, -0.25) is 4.68 Å². The predicted molar refractivity (Wildman–Crippen MR) is 88.9 cm³/mol. The first-order valence-electron chi connectivity index (χ1n) is 7.58. The molecule has 0 atom stereocenters. The van der Waals surface area contributed by atoms with Gasteiger partial charge in [0.25, 0.3) is 0 Å². The van der Waals surface area contributed by atoms with Crippen molar-refractivity contribution in [2.24, 2.45) is 0 Å². The fourth-order valence-corrected chi connectivity index (χ4v) is 3.51. The molecule has 4 rings (SSSR count). The van der Waals surface area contributed by atoms with Gasteiger partial charge in [-0.15, -0.1) is 0 Å². The predicted octanol–water partition coefficient (Wildman–Crippen LogP) is 2.56. The number of aromatic nitrogens is 3. The minimum Gasteiger partial charge on any atom is -0.454 e. The summed E-state index contributed by atoms with van der Waals surface area (Å²) in [5.74, 6) is -0.355. The number of benzene rings is 1. The number of hydrogen-bond acceptors (Lipinski definition) is 6. The highest BCUT2D eigenvalue weighted by Gasteiger charge is 2.32. The Morgan fingerprint density at radius 3 is 2.91 bits per heavy atom. The number of anilines is 1. The number of fused-ring (bicyclic) bond motifs is 1. The van der Waals surface area contributed by atoms with Gasteiger partial charge in [0.2, 0.25) is 0 Å². The molecular weight excluding hydrogens is 312 g/mol. The van der Waals surface area contributed by atoms with E-state index in [4.69, 9.17) is 4.74 Å². The van der Waals surface area contributed by atoms with E-state index in [1.807, 2.05) is 25.1 Å². The summed E-state index contributed by atoms with van der Waals surface area (Å²) in [6, 6.07) is 9.77. The van der Waals surface area contributed by atoms with Crippen LogP contribution < -0.4 is 4.90 Å². The minimum atomic E-state index is -0.355. The highest BCUT2D eigenvalue weighted by atomic mass is 32.1. The third-order valence-electron chi connectivity index (χ3n) is 3.85. The molecule has 3 aromatic rings. The lowest BCUT2D eigenvalue weighted by atomic mass is 10.2. The van der Waals surface area contributed by atoms with Crippen molar-refractivity contribution < 1.29 is 9.53 Å².